The van der Waals surface area contributed by atoms with E-state index in [1.54, 1.807) is 17.2 Å². The molecule has 0 radical (unpaired) electrons. The highest BCUT2D eigenvalue weighted by Gasteiger charge is 2.30. The highest BCUT2D eigenvalue weighted by molar-refractivity contribution is 5.94. The molecule has 1 N–H and O–H groups in total. The van der Waals surface area contributed by atoms with Gasteiger partial charge in [0.25, 0.3) is 0 Å². The third kappa shape index (κ3) is 1.69. The smallest absolute Gasteiger partial charge is 0.328 e. The summed E-state index contributed by atoms with van der Waals surface area (Å²) in [6, 6.07) is 8.72. The van der Waals surface area contributed by atoms with E-state index < -0.39 is 12.0 Å². The molecule has 0 bridgehead atoms. The fourth-order valence-corrected chi connectivity index (χ4v) is 1.46. The van der Waals surface area contributed by atoms with Gasteiger partial charge in [-0.1, -0.05) is 18.2 Å². The third-order valence-electron chi connectivity index (χ3n) is 2.26. The molecule has 0 aromatic heterocycles. The van der Waals surface area contributed by atoms with Crippen molar-refractivity contribution < 1.29 is 9.90 Å². The van der Waals surface area contributed by atoms with Gasteiger partial charge >= 0.3 is 5.97 Å². The van der Waals surface area contributed by atoms with Crippen LogP contribution in [0.25, 0.3) is 0 Å². The van der Waals surface area contributed by atoms with Crippen LogP contribution in [0.5, 0.6) is 0 Å². The highest BCUT2D eigenvalue weighted by atomic mass is 16.4. The summed E-state index contributed by atoms with van der Waals surface area (Å²) in [4.78, 5) is 10.8. The second kappa shape index (κ2) is 3.70. The van der Waals surface area contributed by atoms with Crippen molar-refractivity contribution in [1.82, 2.24) is 5.01 Å². The first-order valence-corrected chi connectivity index (χ1v) is 4.55. The SMILES string of the molecule is CN1C(C(=O)O)C=NN1c1ccccc1. The Kier molecular flexibility index (Phi) is 2.39. The summed E-state index contributed by atoms with van der Waals surface area (Å²) in [6.07, 6.45) is 1.41. The first kappa shape index (κ1) is 9.67. The summed E-state index contributed by atoms with van der Waals surface area (Å²) in [6.45, 7) is 0. The van der Waals surface area contributed by atoms with E-state index in [4.69, 9.17) is 5.11 Å². The number of hydrazone groups is 1. The molecule has 2 rings (SSSR count). The van der Waals surface area contributed by atoms with Gasteiger partial charge in [-0.05, 0) is 12.1 Å². The van der Waals surface area contributed by atoms with Crippen molar-refractivity contribution in [2.45, 2.75) is 6.04 Å². The molecule has 1 aliphatic rings. The van der Waals surface area contributed by atoms with Gasteiger partial charge in [0.1, 0.15) is 0 Å². The quantitative estimate of drug-likeness (QED) is 0.775. The monoisotopic (exact) mass is 205 g/mol. The number of anilines is 1. The van der Waals surface area contributed by atoms with Crippen LogP contribution in [0.1, 0.15) is 0 Å². The van der Waals surface area contributed by atoms with E-state index in [1.165, 1.54) is 6.21 Å². The van der Waals surface area contributed by atoms with Crippen molar-refractivity contribution in [2.75, 3.05) is 12.2 Å². The molecule has 0 amide bonds. The van der Waals surface area contributed by atoms with Gasteiger partial charge in [0, 0.05) is 7.05 Å². The van der Waals surface area contributed by atoms with Crippen molar-refractivity contribution in [3.8, 4) is 0 Å². The van der Waals surface area contributed by atoms with E-state index in [2.05, 4.69) is 5.10 Å². The lowest BCUT2D eigenvalue weighted by Gasteiger charge is -2.25. The number of nitrogens with zero attached hydrogens (tertiary/aromatic N) is 3. The number of hydrazine groups is 1. The summed E-state index contributed by atoms with van der Waals surface area (Å²) in [5, 5.41) is 16.1. The van der Waals surface area contributed by atoms with Crippen LogP contribution in [0, 0.1) is 0 Å². The number of benzene rings is 1. The molecule has 78 valence electrons. The molecule has 1 aromatic rings. The summed E-state index contributed by atoms with van der Waals surface area (Å²) in [7, 11) is 1.69. The van der Waals surface area contributed by atoms with Crippen molar-refractivity contribution in [2.24, 2.45) is 5.10 Å². The molecular formula is C10H11N3O2. The minimum absolute atomic E-state index is 0.690. The minimum Gasteiger partial charge on any atom is -0.480 e. The summed E-state index contributed by atoms with van der Waals surface area (Å²) >= 11 is 0. The number of hydrogen-bond acceptors (Lipinski definition) is 4. The lowest BCUT2D eigenvalue weighted by Crippen LogP contribution is -2.42. The van der Waals surface area contributed by atoms with E-state index in [-0.39, 0.29) is 0 Å². The number of rotatable bonds is 2. The van der Waals surface area contributed by atoms with Crippen LogP contribution in [-0.2, 0) is 4.79 Å². The Bertz CT molecular complexity index is 391. The van der Waals surface area contributed by atoms with Gasteiger partial charge in [0.15, 0.2) is 6.04 Å². The lowest BCUT2D eigenvalue weighted by molar-refractivity contribution is -0.139. The van der Waals surface area contributed by atoms with Crippen LogP contribution in [0.4, 0.5) is 5.69 Å². The predicted molar refractivity (Wildman–Crippen MR) is 56.6 cm³/mol. The molecule has 0 aliphatic carbocycles. The van der Waals surface area contributed by atoms with E-state index in [1.807, 2.05) is 30.3 Å². The Hall–Kier alpha value is -1.88. The number of carboxylic acid groups (broad SMARTS) is 1. The molecule has 1 aliphatic heterocycles. The van der Waals surface area contributed by atoms with Gasteiger partial charge in [-0.2, -0.15) is 15.2 Å². The molecule has 0 saturated carbocycles. The molecule has 0 saturated heterocycles. The maximum absolute atomic E-state index is 10.8. The van der Waals surface area contributed by atoms with E-state index in [9.17, 15) is 4.79 Å². The Morgan fingerprint density at radius 2 is 2.07 bits per heavy atom. The third-order valence-corrected chi connectivity index (χ3v) is 2.26. The summed E-state index contributed by atoms with van der Waals surface area (Å²) in [5.41, 5.74) is 0.847. The average Bonchev–Trinajstić information content (AvgIpc) is 2.61. The van der Waals surface area contributed by atoms with E-state index >= 15 is 0 Å². The molecule has 1 heterocycles. The van der Waals surface area contributed by atoms with Crippen LogP contribution in [0.15, 0.2) is 35.4 Å². The van der Waals surface area contributed by atoms with Gasteiger partial charge in [0.2, 0.25) is 0 Å². The molecule has 15 heavy (non-hydrogen) atoms. The van der Waals surface area contributed by atoms with Crippen molar-refractivity contribution in [3.05, 3.63) is 30.3 Å². The zero-order valence-electron chi connectivity index (χ0n) is 8.24. The molecule has 0 spiro atoms. The van der Waals surface area contributed by atoms with E-state index in [0.717, 1.165) is 5.69 Å². The van der Waals surface area contributed by atoms with Crippen LogP contribution in [-0.4, -0.2) is 35.4 Å². The number of hydrogen-bond donors (Lipinski definition) is 1. The van der Waals surface area contributed by atoms with Crippen molar-refractivity contribution >= 4 is 17.9 Å². The number of para-hydroxylation sites is 1. The van der Waals surface area contributed by atoms with Gasteiger partial charge in [-0.3, -0.25) is 4.79 Å². The van der Waals surface area contributed by atoms with Crippen LogP contribution < -0.4 is 5.12 Å². The topological polar surface area (TPSA) is 56.1 Å². The molecule has 0 fully saturated rings. The van der Waals surface area contributed by atoms with Gasteiger partial charge < -0.3 is 5.11 Å². The fourth-order valence-electron chi connectivity index (χ4n) is 1.46. The van der Waals surface area contributed by atoms with Crippen LogP contribution in [0.2, 0.25) is 0 Å². The maximum Gasteiger partial charge on any atom is 0.328 e. The lowest BCUT2D eigenvalue weighted by atomic mass is 10.3. The van der Waals surface area contributed by atoms with Gasteiger partial charge in [0.05, 0.1) is 11.9 Å². The van der Waals surface area contributed by atoms with Crippen molar-refractivity contribution in [3.63, 3.8) is 0 Å². The molecule has 1 unspecified atom stereocenters. The predicted octanol–water partition coefficient (Wildman–Crippen LogP) is 0.792. The minimum atomic E-state index is -0.903. The van der Waals surface area contributed by atoms with Crippen molar-refractivity contribution in [1.29, 1.82) is 0 Å². The average molecular weight is 205 g/mol. The van der Waals surface area contributed by atoms with Crippen LogP contribution >= 0.6 is 0 Å². The number of likely N-dealkylation sites (N-methyl/N-ethyl adjacent to an activating group) is 1. The Balaban J connectivity index is 2.22. The number of carbonyl (C=O) groups is 1. The normalized spacial score (nSPS) is 20.9. The summed E-state index contributed by atoms with van der Waals surface area (Å²) < 4.78 is 0. The molecule has 5 nitrogen and oxygen atoms in total. The highest BCUT2D eigenvalue weighted by Crippen LogP contribution is 2.20. The summed E-state index contributed by atoms with van der Waals surface area (Å²) in [5.74, 6) is -0.903. The zero-order chi connectivity index (χ0) is 10.8. The Labute approximate surface area is 87.2 Å². The first-order chi connectivity index (χ1) is 7.20. The van der Waals surface area contributed by atoms with Crippen LogP contribution in [0.3, 0.4) is 0 Å². The largest absolute Gasteiger partial charge is 0.480 e. The first-order valence-electron chi connectivity index (χ1n) is 4.55. The fraction of sp³-hybridized carbons (Fsp3) is 0.200. The maximum atomic E-state index is 10.8. The Morgan fingerprint density at radius 3 is 2.60 bits per heavy atom. The number of aliphatic carboxylic acids is 1. The Morgan fingerprint density at radius 1 is 1.40 bits per heavy atom. The number of carboxylic acids is 1. The van der Waals surface area contributed by atoms with Gasteiger partial charge in [-0.15, -0.1) is 0 Å². The van der Waals surface area contributed by atoms with Gasteiger partial charge in [-0.25, -0.2) is 0 Å². The second-order valence-electron chi connectivity index (χ2n) is 3.25. The molecule has 5 heteroatoms. The molecular weight excluding hydrogens is 194 g/mol. The zero-order valence-corrected chi connectivity index (χ0v) is 8.24. The van der Waals surface area contributed by atoms with E-state index in [0.29, 0.717) is 0 Å². The molecule has 1 atom stereocenters. The molecule has 1 aromatic carbocycles. The second-order valence-corrected chi connectivity index (χ2v) is 3.25. The standard InChI is InChI=1S/C10H11N3O2/c1-12-9(10(14)15)7-11-13(12)8-5-3-2-4-6-8/h2-7,9H,1H3,(H,14,15).